The molecule has 1 N–H and O–H groups in total. The summed E-state index contributed by atoms with van der Waals surface area (Å²) in [6.07, 6.45) is -0.564. The molecule has 4 nitrogen and oxygen atoms in total. The minimum atomic E-state index is -0.564. The van der Waals surface area contributed by atoms with Crippen molar-refractivity contribution in [2.45, 2.75) is 54.1 Å². The second-order valence-corrected chi connectivity index (χ2v) is 4.90. The number of hydrogen-bond acceptors (Lipinski definition) is 3. The molecule has 1 aromatic heterocycles. The molecule has 116 valence electrons. The normalized spacial score (nSPS) is 9.45. The van der Waals surface area contributed by atoms with Gasteiger partial charge in [0.2, 0.25) is 0 Å². The Morgan fingerprint density at radius 2 is 1.50 bits per heavy atom. The number of anilines is 1. The molecule has 0 unspecified atom stereocenters. The Morgan fingerprint density at radius 3 is 1.85 bits per heavy atom. The zero-order valence-electron chi connectivity index (χ0n) is 13.2. The zero-order valence-corrected chi connectivity index (χ0v) is 14.7. The number of amides is 1. The topological polar surface area (TPSA) is 51.2 Å². The monoisotopic (exact) mass is 322 g/mol. The van der Waals surface area contributed by atoms with Gasteiger partial charge in [0.15, 0.2) is 0 Å². The molecule has 1 rings (SSSR count). The molecule has 1 amide bonds. The molecule has 0 bridgehead atoms. The number of ether oxygens (including phenoxy) is 1. The molecule has 0 aromatic carbocycles. The third kappa shape index (κ3) is 10.9. The summed E-state index contributed by atoms with van der Waals surface area (Å²) in [6.45, 7) is 13.3. The van der Waals surface area contributed by atoms with Crippen LogP contribution in [0.1, 0.15) is 48.5 Å². The summed E-state index contributed by atoms with van der Waals surface area (Å²) in [5, 5.41) is 2.92. The second kappa shape index (κ2) is 10.7. The first kappa shape index (κ1) is 21.3. The van der Waals surface area contributed by atoms with Gasteiger partial charge in [0.05, 0.1) is 5.69 Å². The van der Waals surface area contributed by atoms with Crippen LogP contribution in [0.2, 0.25) is 10.3 Å². The Bertz CT molecular complexity index is 384. The van der Waals surface area contributed by atoms with Crippen molar-refractivity contribution < 1.29 is 9.53 Å². The van der Waals surface area contributed by atoms with Crippen LogP contribution in [0.4, 0.5) is 10.5 Å². The van der Waals surface area contributed by atoms with Gasteiger partial charge in [-0.05, 0) is 32.9 Å². The summed E-state index contributed by atoms with van der Waals surface area (Å²) in [5.41, 5.74) is -0.107. The fourth-order valence-corrected chi connectivity index (χ4v) is 1.42. The van der Waals surface area contributed by atoms with Crippen LogP contribution in [0.3, 0.4) is 0 Å². The van der Waals surface area contributed by atoms with Crippen molar-refractivity contribution in [3.8, 4) is 0 Å². The van der Waals surface area contributed by atoms with E-state index in [9.17, 15) is 4.79 Å². The number of rotatable bonds is 1. The molecular weight excluding hydrogens is 299 g/mol. The van der Waals surface area contributed by atoms with E-state index in [0.717, 1.165) is 0 Å². The first-order valence-electron chi connectivity index (χ1n) is 6.59. The number of aromatic nitrogens is 1. The standard InChI is InChI=1S/C10H12Cl2N2O2.2C2H6/c1-10(2,3)16-9(15)13-6-4-7(11)14-8(12)5-6;2*1-2/h4-5H,1-3H3,(H,13,14,15);2*1-2H3. The molecule has 6 heteroatoms. The Hall–Kier alpha value is -1.00. The van der Waals surface area contributed by atoms with E-state index < -0.39 is 11.7 Å². The van der Waals surface area contributed by atoms with E-state index in [0.29, 0.717) is 5.69 Å². The van der Waals surface area contributed by atoms with Gasteiger partial charge in [0.1, 0.15) is 15.9 Å². The molecule has 1 aromatic rings. The van der Waals surface area contributed by atoms with Crippen molar-refractivity contribution in [2.24, 2.45) is 0 Å². The largest absolute Gasteiger partial charge is 0.444 e. The highest BCUT2D eigenvalue weighted by molar-refractivity contribution is 6.32. The molecule has 0 saturated carbocycles. The number of nitrogens with zero attached hydrogens (tertiary/aromatic N) is 1. The number of nitrogens with one attached hydrogen (secondary N) is 1. The molecule has 1 heterocycles. The molecule has 0 aliphatic heterocycles. The number of carbonyl (C=O) groups excluding carboxylic acids is 1. The van der Waals surface area contributed by atoms with Gasteiger partial charge < -0.3 is 4.74 Å². The molecule has 0 fully saturated rings. The van der Waals surface area contributed by atoms with Crippen LogP contribution in [0.15, 0.2) is 12.1 Å². The highest BCUT2D eigenvalue weighted by Gasteiger charge is 2.16. The summed E-state index contributed by atoms with van der Waals surface area (Å²) in [5.74, 6) is 0. The summed E-state index contributed by atoms with van der Waals surface area (Å²) in [7, 11) is 0. The number of halogens is 2. The minimum Gasteiger partial charge on any atom is -0.444 e. The lowest BCUT2D eigenvalue weighted by Crippen LogP contribution is -2.27. The third-order valence-corrected chi connectivity index (χ3v) is 1.80. The zero-order chi connectivity index (χ0) is 16.3. The smallest absolute Gasteiger partial charge is 0.412 e. The molecule has 0 saturated heterocycles. The Morgan fingerprint density at radius 1 is 1.10 bits per heavy atom. The van der Waals surface area contributed by atoms with Gasteiger partial charge >= 0.3 is 6.09 Å². The van der Waals surface area contributed by atoms with Gasteiger partial charge in [0.25, 0.3) is 0 Å². The average molecular weight is 323 g/mol. The molecule has 0 atom stereocenters. The van der Waals surface area contributed by atoms with E-state index in [1.54, 1.807) is 20.8 Å². The van der Waals surface area contributed by atoms with Crippen molar-refractivity contribution in [3.63, 3.8) is 0 Å². The van der Waals surface area contributed by atoms with E-state index in [1.165, 1.54) is 12.1 Å². The van der Waals surface area contributed by atoms with Crippen LogP contribution in [0, 0.1) is 0 Å². The van der Waals surface area contributed by atoms with E-state index in [2.05, 4.69) is 10.3 Å². The highest BCUT2D eigenvalue weighted by atomic mass is 35.5. The number of hydrogen-bond donors (Lipinski definition) is 1. The average Bonchev–Trinajstić information content (AvgIpc) is 2.30. The summed E-state index contributed by atoms with van der Waals surface area (Å²) < 4.78 is 5.06. The van der Waals surface area contributed by atoms with E-state index >= 15 is 0 Å². The number of carbonyl (C=O) groups is 1. The lowest BCUT2D eigenvalue weighted by Gasteiger charge is -2.19. The van der Waals surface area contributed by atoms with E-state index in [1.807, 2.05) is 27.7 Å². The van der Waals surface area contributed by atoms with Crippen LogP contribution in [0.5, 0.6) is 0 Å². The van der Waals surface area contributed by atoms with Gasteiger partial charge in [-0.1, -0.05) is 50.9 Å². The Kier molecular flexibility index (Phi) is 11.4. The predicted octanol–water partition coefficient (Wildman–Crippen LogP) is 5.79. The first-order valence-corrected chi connectivity index (χ1v) is 7.35. The molecule has 0 aliphatic carbocycles. The van der Waals surface area contributed by atoms with Gasteiger partial charge in [-0.15, -0.1) is 0 Å². The summed E-state index contributed by atoms with van der Waals surface area (Å²) in [6, 6.07) is 2.97. The molecule has 20 heavy (non-hydrogen) atoms. The second-order valence-electron chi connectivity index (χ2n) is 4.13. The molecule has 0 spiro atoms. The van der Waals surface area contributed by atoms with Crippen LogP contribution in [0.25, 0.3) is 0 Å². The number of pyridine rings is 1. The third-order valence-electron chi connectivity index (χ3n) is 1.41. The lowest BCUT2D eigenvalue weighted by atomic mass is 10.2. The van der Waals surface area contributed by atoms with Gasteiger partial charge in [-0.3, -0.25) is 5.32 Å². The SMILES string of the molecule is CC.CC.CC(C)(C)OC(=O)Nc1cc(Cl)nc(Cl)c1. The summed E-state index contributed by atoms with van der Waals surface area (Å²) in [4.78, 5) is 15.2. The van der Waals surface area contributed by atoms with Gasteiger partial charge in [-0.25, -0.2) is 9.78 Å². The van der Waals surface area contributed by atoms with Crippen molar-refractivity contribution >= 4 is 35.0 Å². The van der Waals surface area contributed by atoms with Crippen LogP contribution >= 0.6 is 23.2 Å². The lowest BCUT2D eigenvalue weighted by molar-refractivity contribution is 0.0636. The van der Waals surface area contributed by atoms with Crippen LogP contribution < -0.4 is 5.32 Å². The van der Waals surface area contributed by atoms with Crippen LogP contribution in [-0.4, -0.2) is 16.7 Å². The maximum atomic E-state index is 11.4. The van der Waals surface area contributed by atoms with Crippen molar-refractivity contribution in [1.29, 1.82) is 0 Å². The van der Waals surface area contributed by atoms with Gasteiger partial charge in [-0.2, -0.15) is 0 Å². The Labute approximate surface area is 131 Å². The maximum absolute atomic E-state index is 11.4. The van der Waals surface area contributed by atoms with Crippen LogP contribution in [-0.2, 0) is 4.74 Å². The first-order chi connectivity index (χ1) is 9.26. The Balaban J connectivity index is 0. The quantitative estimate of drug-likeness (QED) is 0.666. The van der Waals surface area contributed by atoms with Crippen molar-refractivity contribution in [3.05, 3.63) is 22.4 Å². The molecule has 0 radical (unpaired) electrons. The highest BCUT2D eigenvalue weighted by Crippen LogP contribution is 2.19. The fraction of sp³-hybridized carbons (Fsp3) is 0.571. The van der Waals surface area contributed by atoms with Crippen molar-refractivity contribution in [1.82, 2.24) is 4.98 Å². The van der Waals surface area contributed by atoms with Crippen molar-refractivity contribution in [2.75, 3.05) is 5.32 Å². The molecular formula is C14H24Cl2N2O2. The van der Waals surface area contributed by atoms with E-state index in [4.69, 9.17) is 27.9 Å². The summed E-state index contributed by atoms with van der Waals surface area (Å²) >= 11 is 11.4. The minimum absolute atomic E-state index is 0.207. The van der Waals surface area contributed by atoms with E-state index in [-0.39, 0.29) is 10.3 Å². The predicted molar refractivity (Wildman–Crippen MR) is 86.8 cm³/mol. The fourth-order valence-electron chi connectivity index (χ4n) is 0.959. The molecule has 0 aliphatic rings. The van der Waals surface area contributed by atoms with Gasteiger partial charge in [0, 0.05) is 0 Å². The maximum Gasteiger partial charge on any atom is 0.412 e.